The Hall–Kier alpha value is -0.670. The number of quaternary nitrogens is 1. The van der Waals surface area contributed by atoms with Crippen LogP contribution in [0.4, 0.5) is 0 Å². The molecule has 3 nitrogen and oxygen atoms in total. The number of unbranched alkanes of at least 4 members (excludes halogenated alkanes) is 13. The van der Waals surface area contributed by atoms with Gasteiger partial charge in [-0.15, -0.1) is 0 Å². The molecule has 0 bridgehead atoms. The normalized spacial score (nSPS) is 22.7. The third-order valence-corrected chi connectivity index (χ3v) is 6.85. The molecule has 0 radical (unpaired) electrons. The number of aliphatic hydroxyl groups excluding tert-OH is 1. The van der Waals surface area contributed by atoms with Gasteiger partial charge in [0.05, 0.1) is 12.8 Å². The molecule has 3 heteroatoms. The molecule has 0 aliphatic carbocycles. The van der Waals surface area contributed by atoms with Crippen molar-refractivity contribution in [2.24, 2.45) is 4.99 Å². The summed E-state index contributed by atoms with van der Waals surface area (Å²) in [6, 6.07) is 0. The first-order chi connectivity index (χ1) is 14.2. The highest BCUT2D eigenvalue weighted by Crippen LogP contribution is 2.26. The van der Waals surface area contributed by atoms with E-state index in [0.717, 1.165) is 24.0 Å². The Bertz CT molecular complexity index is 432. The van der Waals surface area contributed by atoms with Gasteiger partial charge in [-0.3, -0.25) is 4.48 Å². The van der Waals surface area contributed by atoms with E-state index >= 15 is 0 Å². The summed E-state index contributed by atoms with van der Waals surface area (Å²) in [5.41, 5.74) is 0. The summed E-state index contributed by atoms with van der Waals surface area (Å²) in [7, 11) is 0. The van der Waals surface area contributed by atoms with Crippen molar-refractivity contribution in [2.75, 3.05) is 13.1 Å². The first-order valence-corrected chi connectivity index (χ1v) is 12.9. The molecule has 0 spiro atoms. The van der Waals surface area contributed by atoms with E-state index < -0.39 is 0 Å². The van der Waals surface area contributed by atoms with E-state index in [-0.39, 0.29) is 12.4 Å². The molecule has 0 aromatic carbocycles. The molecule has 29 heavy (non-hydrogen) atoms. The Morgan fingerprint density at radius 2 is 1.38 bits per heavy atom. The van der Waals surface area contributed by atoms with Crippen molar-refractivity contribution in [3.63, 3.8) is 0 Å². The van der Waals surface area contributed by atoms with Crippen LogP contribution in [0.3, 0.4) is 0 Å². The number of aliphatic imine (C=N–C) groups is 1. The highest BCUT2D eigenvalue weighted by molar-refractivity contribution is 5.60. The predicted molar refractivity (Wildman–Crippen MR) is 128 cm³/mol. The maximum Gasteiger partial charge on any atom is 0.189 e. The number of nitrogens with zero attached hydrogens (tertiary/aromatic N) is 2. The van der Waals surface area contributed by atoms with Crippen LogP contribution >= 0.6 is 0 Å². The standard InChI is InChI=1S/C26H51N2O/c1-4-6-7-8-9-10-11-12-13-14-15-16-17-18-19-20-21-22-26-27-23-24-28(26,5-2)25(3)29/h9-10,23,25-26,29H,4-8,11-22,24H2,1-3H3/q+1/b10-9+. The fraction of sp³-hybridized carbons (Fsp3) is 0.885. The van der Waals surface area contributed by atoms with Crippen LogP contribution in [0.15, 0.2) is 17.1 Å². The summed E-state index contributed by atoms with van der Waals surface area (Å²) in [4.78, 5) is 4.68. The summed E-state index contributed by atoms with van der Waals surface area (Å²) < 4.78 is 0.745. The SMILES string of the molecule is CCCCC/C=C/CCCCCCCCCCCCC1N=CC[N+]1(CC)C(C)O. The van der Waals surface area contributed by atoms with Gasteiger partial charge in [-0.25, -0.2) is 4.99 Å². The van der Waals surface area contributed by atoms with Gasteiger partial charge in [0.2, 0.25) is 0 Å². The summed E-state index contributed by atoms with van der Waals surface area (Å²) in [6.45, 7) is 8.24. The third kappa shape index (κ3) is 10.8. The second-order valence-corrected chi connectivity index (χ2v) is 9.13. The van der Waals surface area contributed by atoms with E-state index in [1.54, 1.807) is 0 Å². The molecule has 0 saturated carbocycles. The van der Waals surface area contributed by atoms with Gasteiger partial charge in [-0.1, -0.05) is 83.3 Å². The van der Waals surface area contributed by atoms with Crippen LogP contribution in [-0.4, -0.2) is 41.3 Å². The third-order valence-electron chi connectivity index (χ3n) is 6.85. The zero-order chi connectivity index (χ0) is 21.2. The largest absolute Gasteiger partial charge is 0.345 e. The van der Waals surface area contributed by atoms with Gasteiger partial charge in [-0.2, -0.15) is 0 Å². The Kier molecular flexibility index (Phi) is 15.5. The Morgan fingerprint density at radius 3 is 1.90 bits per heavy atom. The van der Waals surface area contributed by atoms with Gasteiger partial charge in [-0.05, 0) is 39.0 Å². The van der Waals surface area contributed by atoms with Crippen LogP contribution in [-0.2, 0) is 0 Å². The molecular weight excluding hydrogens is 356 g/mol. The summed E-state index contributed by atoms with van der Waals surface area (Å²) in [5.74, 6) is 0. The van der Waals surface area contributed by atoms with E-state index in [9.17, 15) is 5.11 Å². The molecule has 0 aromatic heterocycles. The average Bonchev–Trinajstić information content (AvgIpc) is 3.14. The van der Waals surface area contributed by atoms with Crippen molar-refractivity contribution in [3.8, 4) is 0 Å². The molecule has 1 rings (SSSR count). The predicted octanol–water partition coefficient (Wildman–Crippen LogP) is 7.39. The Balaban J connectivity index is 1.88. The monoisotopic (exact) mass is 407 g/mol. The first-order valence-electron chi connectivity index (χ1n) is 12.9. The second-order valence-electron chi connectivity index (χ2n) is 9.13. The Morgan fingerprint density at radius 1 is 0.862 bits per heavy atom. The van der Waals surface area contributed by atoms with Gasteiger partial charge in [0.15, 0.2) is 12.4 Å². The maximum atomic E-state index is 10.2. The van der Waals surface area contributed by atoms with Crippen molar-refractivity contribution in [3.05, 3.63) is 12.2 Å². The van der Waals surface area contributed by atoms with Crippen LogP contribution in [0.5, 0.6) is 0 Å². The number of aliphatic hydroxyl groups is 1. The molecule has 0 amide bonds. The second kappa shape index (κ2) is 17.1. The van der Waals surface area contributed by atoms with Gasteiger partial charge in [0.1, 0.15) is 6.54 Å². The first kappa shape index (κ1) is 26.4. The van der Waals surface area contributed by atoms with Gasteiger partial charge in [0, 0.05) is 13.3 Å². The average molecular weight is 408 g/mol. The van der Waals surface area contributed by atoms with Gasteiger partial charge in [0.25, 0.3) is 0 Å². The molecule has 1 aliphatic heterocycles. The van der Waals surface area contributed by atoms with E-state index in [0.29, 0.717) is 0 Å². The number of allylic oxidation sites excluding steroid dienone is 2. The fourth-order valence-corrected chi connectivity index (χ4v) is 4.66. The van der Waals surface area contributed by atoms with E-state index in [1.807, 2.05) is 13.1 Å². The summed E-state index contributed by atoms with van der Waals surface area (Å²) >= 11 is 0. The van der Waals surface area contributed by atoms with Crippen LogP contribution in [0.2, 0.25) is 0 Å². The smallest absolute Gasteiger partial charge is 0.189 e. The van der Waals surface area contributed by atoms with Crippen molar-refractivity contribution in [1.82, 2.24) is 0 Å². The molecule has 0 aromatic rings. The van der Waals surface area contributed by atoms with Crippen LogP contribution in [0.1, 0.15) is 124 Å². The van der Waals surface area contributed by atoms with Crippen molar-refractivity contribution in [2.45, 2.75) is 136 Å². The lowest BCUT2D eigenvalue weighted by Crippen LogP contribution is -2.57. The minimum Gasteiger partial charge on any atom is -0.345 e. The van der Waals surface area contributed by atoms with Gasteiger partial charge < -0.3 is 5.11 Å². The molecule has 1 aliphatic rings. The summed E-state index contributed by atoms with van der Waals surface area (Å²) in [5, 5.41) is 10.2. The van der Waals surface area contributed by atoms with E-state index in [1.165, 1.54) is 96.3 Å². The topological polar surface area (TPSA) is 32.6 Å². The lowest BCUT2D eigenvalue weighted by atomic mass is 10.0. The van der Waals surface area contributed by atoms with Crippen molar-refractivity contribution < 1.29 is 9.59 Å². The molecule has 1 heterocycles. The molecule has 3 atom stereocenters. The zero-order valence-electron chi connectivity index (χ0n) is 20.0. The lowest BCUT2D eigenvalue weighted by molar-refractivity contribution is -0.976. The molecule has 0 fully saturated rings. The Labute approximate surface area is 182 Å². The fourth-order valence-electron chi connectivity index (χ4n) is 4.66. The van der Waals surface area contributed by atoms with Crippen LogP contribution < -0.4 is 0 Å². The van der Waals surface area contributed by atoms with E-state index in [2.05, 4.69) is 31.0 Å². The zero-order valence-corrected chi connectivity index (χ0v) is 20.0. The van der Waals surface area contributed by atoms with Crippen LogP contribution in [0.25, 0.3) is 0 Å². The van der Waals surface area contributed by atoms with Crippen molar-refractivity contribution in [1.29, 1.82) is 0 Å². The quantitative estimate of drug-likeness (QED) is 0.135. The van der Waals surface area contributed by atoms with Crippen LogP contribution in [0, 0.1) is 0 Å². The lowest BCUT2D eigenvalue weighted by Gasteiger charge is -2.40. The minimum absolute atomic E-state index is 0.284. The number of rotatable bonds is 19. The van der Waals surface area contributed by atoms with Gasteiger partial charge >= 0.3 is 0 Å². The highest BCUT2D eigenvalue weighted by atomic mass is 16.3. The highest BCUT2D eigenvalue weighted by Gasteiger charge is 2.41. The van der Waals surface area contributed by atoms with Crippen molar-refractivity contribution >= 4 is 6.21 Å². The summed E-state index contributed by atoms with van der Waals surface area (Å²) in [6.07, 6.45) is 28.3. The number of hydrogen-bond donors (Lipinski definition) is 1. The molecule has 3 unspecified atom stereocenters. The van der Waals surface area contributed by atoms with E-state index in [4.69, 9.17) is 0 Å². The molecule has 1 N–H and O–H groups in total. The molecule has 0 saturated heterocycles. The molecular formula is C26H51N2O+. The minimum atomic E-state index is -0.311. The maximum absolute atomic E-state index is 10.2. The molecule has 170 valence electrons. The number of hydrogen-bond acceptors (Lipinski definition) is 2.